The Morgan fingerprint density at radius 1 is 1.09 bits per heavy atom. The summed E-state index contributed by atoms with van der Waals surface area (Å²) in [4.78, 5) is 63.3. The number of hydrogen-bond donors (Lipinski definition) is 2. The number of amides is 4. The third kappa shape index (κ3) is 3.68. The largest absolute Gasteiger partial charge is 0.368 e. The molecule has 1 aromatic carbocycles. The number of aryl methyl sites for hydroxylation is 2. The van der Waals surface area contributed by atoms with Crippen LogP contribution in [0.15, 0.2) is 30.9 Å². The number of carbonyl (C=O) groups is 4. The third-order valence-corrected chi connectivity index (χ3v) is 6.18. The van der Waals surface area contributed by atoms with Crippen LogP contribution in [-0.4, -0.2) is 60.6 Å². The number of imidazole rings is 1. The number of imide groups is 2. The van der Waals surface area contributed by atoms with Crippen LogP contribution in [0.4, 0.5) is 5.82 Å². The summed E-state index contributed by atoms with van der Waals surface area (Å²) < 4.78 is 1.95. The van der Waals surface area contributed by atoms with Crippen LogP contribution in [0.25, 0.3) is 11.2 Å². The van der Waals surface area contributed by atoms with E-state index < -0.39 is 29.7 Å². The molecule has 0 spiro atoms. The lowest BCUT2D eigenvalue weighted by Crippen LogP contribution is -2.54. The molecule has 1 unspecified atom stereocenters. The standard InChI is InChI=1S/C23H23N7O4/c1-2-29-12-27-18-19(25-11-26-20(18)29)24-9-3-4-13-5-6-14-15(10-13)23(34)30(22(14)33)16-7-8-17(31)28-21(16)32/h5-6,10-12,16H,2-4,7-9H2,1H3,(H,24,25,26)(H,28,31,32). The Morgan fingerprint density at radius 3 is 2.71 bits per heavy atom. The van der Waals surface area contributed by atoms with Crippen LogP contribution < -0.4 is 10.6 Å². The molecular formula is C23H23N7O4. The second-order valence-corrected chi connectivity index (χ2v) is 8.28. The highest BCUT2D eigenvalue weighted by Gasteiger charge is 2.44. The molecule has 11 nitrogen and oxygen atoms in total. The molecule has 0 bridgehead atoms. The van der Waals surface area contributed by atoms with Crippen LogP contribution in [0.5, 0.6) is 0 Å². The van der Waals surface area contributed by atoms with E-state index >= 15 is 0 Å². The SMILES string of the molecule is CCn1cnc2c(NCCCc3ccc4c(c3)C(=O)N(C3CCC(=O)NC3=O)C4=O)ncnc21. The molecule has 1 saturated heterocycles. The molecule has 4 amide bonds. The number of anilines is 1. The van der Waals surface area contributed by atoms with Crippen molar-refractivity contribution in [2.75, 3.05) is 11.9 Å². The van der Waals surface area contributed by atoms with E-state index in [0.717, 1.165) is 34.6 Å². The number of hydrogen-bond acceptors (Lipinski definition) is 8. The average Bonchev–Trinajstić information content (AvgIpc) is 3.36. The predicted molar refractivity (Wildman–Crippen MR) is 121 cm³/mol. The number of carbonyl (C=O) groups excluding carboxylic acids is 4. The van der Waals surface area contributed by atoms with Crippen molar-refractivity contribution in [2.24, 2.45) is 0 Å². The molecule has 0 radical (unpaired) electrons. The van der Waals surface area contributed by atoms with Crippen LogP contribution >= 0.6 is 0 Å². The highest BCUT2D eigenvalue weighted by Crippen LogP contribution is 2.28. The van der Waals surface area contributed by atoms with Crippen molar-refractivity contribution < 1.29 is 19.2 Å². The molecule has 5 rings (SSSR count). The fraction of sp³-hybridized carbons (Fsp3) is 0.348. The van der Waals surface area contributed by atoms with Gasteiger partial charge in [-0.15, -0.1) is 0 Å². The van der Waals surface area contributed by atoms with E-state index in [9.17, 15) is 19.2 Å². The summed E-state index contributed by atoms with van der Waals surface area (Å²) in [5.41, 5.74) is 2.99. The number of aromatic nitrogens is 4. The van der Waals surface area contributed by atoms with E-state index in [1.807, 2.05) is 17.6 Å². The lowest BCUT2D eigenvalue weighted by molar-refractivity contribution is -0.136. The number of fused-ring (bicyclic) bond motifs is 2. The van der Waals surface area contributed by atoms with Crippen molar-refractivity contribution in [3.05, 3.63) is 47.5 Å². The van der Waals surface area contributed by atoms with Crippen LogP contribution in [0, 0.1) is 0 Å². The van der Waals surface area contributed by atoms with Gasteiger partial charge in [-0.1, -0.05) is 6.07 Å². The zero-order chi connectivity index (χ0) is 23.8. The Bertz CT molecular complexity index is 1330. The van der Waals surface area contributed by atoms with E-state index in [2.05, 4.69) is 25.6 Å². The van der Waals surface area contributed by atoms with Gasteiger partial charge < -0.3 is 9.88 Å². The van der Waals surface area contributed by atoms with Crippen LogP contribution in [0.1, 0.15) is 52.5 Å². The molecule has 4 heterocycles. The quantitative estimate of drug-likeness (QED) is 0.396. The number of piperidine rings is 1. The average molecular weight is 461 g/mol. The maximum Gasteiger partial charge on any atom is 0.262 e. The molecule has 34 heavy (non-hydrogen) atoms. The lowest BCUT2D eigenvalue weighted by atomic mass is 10.0. The van der Waals surface area contributed by atoms with Crippen molar-refractivity contribution in [1.29, 1.82) is 0 Å². The minimum absolute atomic E-state index is 0.0966. The number of nitrogens with one attached hydrogen (secondary N) is 2. The molecule has 1 fully saturated rings. The zero-order valence-electron chi connectivity index (χ0n) is 18.6. The summed E-state index contributed by atoms with van der Waals surface area (Å²) in [7, 11) is 0. The van der Waals surface area contributed by atoms with Gasteiger partial charge in [0, 0.05) is 19.5 Å². The Morgan fingerprint density at radius 2 is 1.91 bits per heavy atom. The van der Waals surface area contributed by atoms with Gasteiger partial charge in [-0.25, -0.2) is 15.0 Å². The number of nitrogens with zero attached hydrogens (tertiary/aromatic N) is 5. The molecule has 174 valence electrons. The van der Waals surface area contributed by atoms with Gasteiger partial charge in [-0.3, -0.25) is 29.4 Å². The van der Waals surface area contributed by atoms with Crippen molar-refractivity contribution in [3.63, 3.8) is 0 Å². The van der Waals surface area contributed by atoms with E-state index in [1.165, 1.54) is 6.33 Å². The van der Waals surface area contributed by atoms with Gasteiger partial charge in [0.2, 0.25) is 11.8 Å². The van der Waals surface area contributed by atoms with Crippen molar-refractivity contribution in [2.45, 2.75) is 45.2 Å². The van der Waals surface area contributed by atoms with E-state index in [1.54, 1.807) is 18.5 Å². The van der Waals surface area contributed by atoms with Gasteiger partial charge in [-0.2, -0.15) is 0 Å². The second-order valence-electron chi connectivity index (χ2n) is 8.28. The first-order chi connectivity index (χ1) is 16.5. The fourth-order valence-electron chi connectivity index (χ4n) is 4.41. The Hall–Kier alpha value is -4.15. The normalized spacial score (nSPS) is 17.9. The number of benzene rings is 1. The molecule has 2 aliphatic rings. The molecule has 11 heteroatoms. The van der Waals surface area contributed by atoms with Crippen LogP contribution in [0.3, 0.4) is 0 Å². The van der Waals surface area contributed by atoms with Crippen molar-refractivity contribution in [3.8, 4) is 0 Å². The maximum atomic E-state index is 13.0. The first-order valence-corrected chi connectivity index (χ1v) is 11.2. The van der Waals surface area contributed by atoms with Crippen LogP contribution in [-0.2, 0) is 22.6 Å². The van der Waals surface area contributed by atoms with Gasteiger partial charge in [0.1, 0.15) is 17.9 Å². The predicted octanol–water partition coefficient (Wildman–Crippen LogP) is 1.29. The zero-order valence-corrected chi connectivity index (χ0v) is 18.6. The summed E-state index contributed by atoms with van der Waals surface area (Å²) in [5, 5.41) is 5.50. The van der Waals surface area contributed by atoms with Gasteiger partial charge in [0.05, 0.1) is 17.5 Å². The van der Waals surface area contributed by atoms with Crippen molar-refractivity contribution >= 4 is 40.6 Å². The summed E-state index contributed by atoms with van der Waals surface area (Å²) in [6.07, 6.45) is 4.93. The van der Waals surface area contributed by atoms with Gasteiger partial charge >= 0.3 is 0 Å². The molecule has 2 aliphatic heterocycles. The number of rotatable bonds is 7. The summed E-state index contributed by atoms with van der Waals surface area (Å²) in [6, 6.07) is 4.21. The van der Waals surface area contributed by atoms with E-state index in [-0.39, 0.29) is 18.4 Å². The van der Waals surface area contributed by atoms with Crippen molar-refractivity contribution in [1.82, 2.24) is 29.7 Å². The minimum Gasteiger partial charge on any atom is -0.368 e. The van der Waals surface area contributed by atoms with Gasteiger partial charge in [-0.05, 0) is 43.9 Å². The second kappa shape index (κ2) is 8.65. The fourth-order valence-corrected chi connectivity index (χ4v) is 4.41. The monoisotopic (exact) mass is 461 g/mol. The Balaban J connectivity index is 1.23. The molecular weight excluding hydrogens is 438 g/mol. The topological polar surface area (TPSA) is 139 Å². The molecule has 3 aromatic rings. The summed E-state index contributed by atoms with van der Waals surface area (Å²) >= 11 is 0. The lowest BCUT2D eigenvalue weighted by Gasteiger charge is -2.27. The van der Waals surface area contributed by atoms with Gasteiger partial charge in [0.15, 0.2) is 11.5 Å². The highest BCUT2D eigenvalue weighted by molar-refractivity contribution is 6.23. The van der Waals surface area contributed by atoms with E-state index in [4.69, 9.17) is 0 Å². The molecule has 1 atom stereocenters. The maximum absolute atomic E-state index is 13.0. The first-order valence-electron chi connectivity index (χ1n) is 11.2. The summed E-state index contributed by atoms with van der Waals surface area (Å²) in [5.74, 6) is -1.33. The first kappa shape index (κ1) is 21.7. The Kier molecular flexibility index (Phi) is 5.52. The highest BCUT2D eigenvalue weighted by atomic mass is 16.2. The smallest absolute Gasteiger partial charge is 0.262 e. The van der Waals surface area contributed by atoms with Crippen LogP contribution in [0.2, 0.25) is 0 Å². The summed E-state index contributed by atoms with van der Waals surface area (Å²) in [6.45, 7) is 3.43. The molecule has 0 aliphatic carbocycles. The molecule has 0 saturated carbocycles. The van der Waals surface area contributed by atoms with Gasteiger partial charge in [0.25, 0.3) is 11.8 Å². The minimum atomic E-state index is -0.960. The molecule has 2 aromatic heterocycles. The third-order valence-electron chi connectivity index (χ3n) is 6.18. The molecule has 2 N–H and O–H groups in total. The van der Waals surface area contributed by atoms with E-state index in [0.29, 0.717) is 24.3 Å². The Labute approximate surface area is 194 Å².